The van der Waals surface area contributed by atoms with Gasteiger partial charge in [0.15, 0.2) is 0 Å². The molecule has 5 heteroatoms. The Bertz CT molecular complexity index is 727. The molecule has 0 saturated heterocycles. The standard InChI is InChI=1S/C18H24N2O2S/c1-5-14(2)16-9-11-17(12-10-16)23(21,22)20(4)15(3)18-8-6-7-13-19-18/h6-15H,5H2,1-4H3. The normalized spacial score (nSPS) is 14.7. The summed E-state index contributed by atoms with van der Waals surface area (Å²) in [6.07, 6.45) is 2.70. The monoisotopic (exact) mass is 332 g/mol. The number of hydrogen-bond acceptors (Lipinski definition) is 3. The molecule has 0 aliphatic rings. The molecular weight excluding hydrogens is 308 g/mol. The Labute approximate surface area is 139 Å². The highest BCUT2D eigenvalue weighted by Gasteiger charge is 2.26. The first kappa shape index (κ1) is 17.6. The molecule has 0 radical (unpaired) electrons. The maximum Gasteiger partial charge on any atom is 0.243 e. The number of aromatic nitrogens is 1. The molecule has 0 bridgehead atoms. The lowest BCUT2D eigenvalue weighted by atomic mass is 9.99. The summed E-state index contributed by atoms with van der Waals surface area (Å²) in [5, 5.41) is 0. The van der Waals surface area contributed by atoms with Crippen molar-refractivity contribution in [1.82, 2.24) is 9.29 Å². The van der Waals surface area contributed by atoms with Gasteiger partial charge < -0.3 is 0 Å². The van der Waals surface area contributed by atoms with E-state index in [2.05, 4.69) is 18.8 Å². The smallest absolute Gasteiger partial charge is 0.243 e. The summed E-state index contributed by atoms with van der Waals surface area (Å²) in [4.78, 5) is 4.56. The third kappa shape index (κ3) is 3.79. The van der Waals surface area contributed by atoms with E-state index in [0.717, 1.165) is 17.7 Å². The average molecular weight is 332 g/mol. The molecular formula is C18H24N2O2S. The predicted molar refractivity (Wildman–Crippen MR) is 92.7 cm³/mol. The van der Waals surface area contributed by atoms with Crippen LogP contribution in [0.3, 0.4) is 0 Å². The van der Waals surface area contributed by atoms with Gasteiger partial charge in [0.05, 0.1) is 16.6 Å². The molecule has 0 amide bonds. The van der Waals surface area contributed by atoms with Gasteiger partial charge >= 0.3 is 0 Å². The number of nitrogens with zero attached hydrogens (tertiary/aromatic N) is 2. The van der Waals surface area contributed by atoms with E-state index in [9.17, 15) is 8.42 Å². The van der Waals surface area contributed by atoms with E-state index in [1.54, 1.807) is 25.4 Å². The van der Waals surface area contributed by atoms with E-state index < -0.39 is 10.0 Å². The predicted octanol–water partition coefficient (Wildman–Crippen LogP) is 3.98. The van der Waals surface area contributed by atoms with Crippen molar-refractivity contribution in [2.24, 2.45) is 0 Å². The van der Waals surface area contributed by atoms with Crippen molar-refractivity contribution in [3.8, 4) is 0 Å². The van der Waals surface area contributed by atoms with Crippen molar-refractivity contribution >= 4 is 10.0 Å². The highest BCUT2D eigenvalue weighted by atomic mass is 32.2. The van der Waals surface area contributed by atoms with Crippen molar-refractivity contribution in [1.29, 1.82) is 0 Å². The lowest BCUT2D eigenvalue weighted by Crippen LogP contribution is -2.30. The Morgan fingerprint density at radius 1 is 1.09 bits per heavy atom. The summed E-state index contributed by atoms with van der Waals surface area (Å²) in [5.74, 6) is 0.428. The van der Waals surface area contributed by atoms with E-state index in [1.807, 2.05) is 37.3 Å². The molecule has 4 nitrogen and oxygen atoms in total. The molecule has 1 aromatic carbocycles. The Balaban J connectivity index is 2.27. The molecule has 0 aliphatic carbocycles. The molecule has 23 heavy (non-hydrogen) atoms. The van der Waals surface area contributed by atoms with Crippen molar-refractivity contribution in [3.63, 3.8) is 0 Å². The van der Waals surface area contributed by atoms with E-state index in [4.69, 9.17) is 0 Å². The third-order valence-electron chi connectivity index (χ3n) is 4.40. The van der Waals surface area contributed by atoms with Gasteiger partial charge in [0.25, 0.3) is 0 Å². The van der Waals surface area contributed by atoms with E-state index in [1.165, 1.54) is 4.31 Å². The maximum absolute atomic E-state index is 12.8. The minimum absolute atomic E-state index is 0.315. The summed E-state index contributed by atoms with van der Waals surface area (Å²) in [6.45, 7) is 6.10. The summed E-state index contributed by atoms with van der Waals surface area (Å²) in [6, 6.07) is 12.4. The van der Waals surface area contributed by atoms with Gasteiger partial charge in [-0.05, 0) is 49.1 Å². The Morgan fingerprint density at radius 2 is 1.74 bits per heavy atom. The zero-order valence-corrected chi connectivity index (χ0v) is 14.9. The minimum atomic E-state index is -3.54. The van der Waals surface area contributed by atoms with Gasteiger partial charge in [-0.3, -0.25) is 4.98 Å². The molecule has 0 aliphatic heterocycles. The molecule has 2 unspecified atom stereocenters. The zero-order valence-electron chi connectivity index (χ0n) is 14.1. The van der Waals surface area contributed by atoms with Gasteiger partial charge in [-0.2, -0.15) is 4.31 Å². The first-order valence-electron chi connectivity index (χ1n) is 7.86. The number of benzene rings is 1. The number of hydrogen-bond donors (Lipinski definition) is 0. The SMILES string of the molecule is CCC(C)c1ccc(S(=O)(=O)N(C)C(C)c2ccccn2)cc1. The highest BCUT2D eigenvalue weighted by molar-refractivity contribution is 7.89. The second kappa shape index (κ2) is 7.23. The fraction of sp³-hybridized carbons (Fsp3) is 0.389. The van der Waals surface area contributed by atoms with Crippen molar-refractivity contribution < 1.29 is 8.42 Å². The molecule has 124 valence electrons. The van der Waals surface area contributed by atoms with Crippen LogP contribution < -0.4 is 0 Å². The lowest BCUT2D eigenvalue weighted by Gasteiger charge is -2.24. The van der Waals surface area contributed by atoms with Gasteiger partial charge in [-0.25, -0.2) is 8.42 Å². The van der Waals surface area contributed by atoms with Crippen molar-refractivity contribution in [2.45, 2.75) is 44.0 Å². The van der Waals surface area contributed by atoms with Crippen molar-refractivity contribution in [3.05, 3.63) is 59.9 Å². The third-order valence-corrected chi connectivity index (χ3v) is 6.34. The van der Waals surface area contributed by atoms with Gasteiger partial charge in [0, 0.05) is 13.2 Å². The van der Waals surface area contributed by atoms with Gasteiger partial charge in [0.1, 0.15) is 0 Å². The summed E-state index contributed by atoms with van der Waals surface area (Å²) in [5.41, 5.74) is 1.89. The first-order chi connectivity index (χ1) is 10.9. The molecule has 0 saturated carbocycles. The minimum Gasteiger partial charge on any atom is -0.260 e. The van der Waals surface area contributed by atoms with Crippen LogP contribution in [-0.4, -0.2) is 24.8 Å². The number of pyridine rings is 1. The average Bonchev–Trinajstić information content (AvgIpc) is 2.60. The van der Waals surface area contributed by atoms with Crippen LogP contribution in [0.4, 0.5) is 0 Å². The van der Waals surface area contributed by atoms with E-state index in [-0.39, 0.29) is 6.04 Å². The van der Waals surface area contributed by atoms with Crippen LogP contribution in [0.1, 0.15) is 50.4 Å². The number of sulfonamides is 1. The topological polar surface area (TPSA) is 50.3 Å². The molecule has 0 spiro atoms. The Morgan fingerprint density at radius 3 is 2.26 bits per heavy atom. The molecule has 1 heterocycles. The first-order valence-corrected chi connectivity index (χ1v) is 9.30. The van der Waals surface area contributed by atoms with Crippen LogP contribution in [0.25, 0.3) is 0 Å². The van der Waals surface area contributed by atoms with Crippen LogP contribution in [0, 0.1) is 0 Å². The molecule has 2 aromatic rings. The zero-order chi connectivity index (χ0) is 17.0. The molecule has 2 rings (SSSR count). The van der Waals surface area contributed by atoms with Crippen LogP contribution >= 0.6 is 0 Å². The molecule has 2 atom stereocenters. The van der Waals surface area contributed by atoms with Crippen LogP contribution in [-0.2, 0) is 10.0 Å². The fourth-order valence-electron chi connectivity index (χ4n) is 2.39. The van der Waals surface area contributed by atoms with Crippen molar-refractivity contribution in [2.75, 3.05) is 7.05 Å². The second-order valence-corrected chi connectivity index (χ2v) is 7.83. The van der Waals surface area contributed by atoms with E-state index >= 15 is 0 Å². The molecule has 1 aromatic heterocycles. The molecule has 0 N–H and O–H groups in total. The number of rotatable bonds is 6. The summed E-state index contributed by atoms with van der Waals surface area (Å²) < 4.78 is 27.0. The van der Waals surface area contributed by atoms with E-state index in [0.29, 0.717) is 10.8 Å². The summed E-state index contributed by atoms with van der Waals surface area (Å²) >= 11 is 0. The largest absolute Gasteiger partial charge is 0.260 e. The second-order valence-electron chi connectivity index (χ2n) is 5.83. The van der Waals surface area contributed by atoms with Gasteiger partial charge in [-0.1, -0.05) is 32.0 Å². The van der Waals surface area contributed by atoms with Crippen LogP contribution in [0.2, 0.25) is 0 Å². The summed E-state index contributed by atoms with van der Waals surface area (Å²) in [7, 11) is -1.95. The highest BCUT2D eigenvalue weighted by Crippen LogP contribution is 2.26. The van der Waals surface area contributed by atoms with Crippen LogP contribution in [0.5, 0.6) is 0 Å². The maximum atomic E-state index is 12.8. The Hall–Kier alpha value is -1.72. The fourth-order valence-corrected chi connectivity index (χ4v) is 3.72. The van der Waals surface area contributed by atoms with Gasteiger partial charge in [0.2, 0.25) is 10.0 Å². The quantitative estimate of drug-likeness (QED) is 0.804. The Kier molecular flexibility index (Phi) is 5.55. The van der Waals surface area contributed by atoms with Gasteiger partial charge in [-0.15, -0.1) is 0 Å². The van der Waals surface area contributed by atoms with Crippen LogP contribution in [0.15, 0.2) is 53.6 Å². The molecule has 0 fully saturated rings. The lowest BCUT2D eigenvalue weighted by molar-refractivity contribution is 0.392.